The minimum Gasteiger partial charge on any atom is -0.316 e. The molecule has 1 N–H and O–H groups in total. The smallest absolute Gasteiger partial charge is 0.316 e. The Morgan fingerprint density at radius 3 is 2.39 bits per heavy atom. The molecule has 0 saturated carbocycles. The van der Waals surface area contributed by atoms with E-state index >= 15 is 0 Å². The quantitative estimate of drug-likeness (QED) is 0.818. The highest BCUT2D eigenvalue weighted by Crippen LogP contribution is 2.32. The maximum absolute atomic E-state index is 13.9. The van der Waals surface area contributed by atoms with Gasteiger partial charge in [0, 0.05) is 0 Å². The molecule has 1 heterocycles. The van der Waals surface area contributed by atoms with Crippen molar-refractivity contribution in [2.24, 2.45) is 5.92 Å². The van der Waals surface area contributed by atoms with Gasteiger partial charge in [0.05, 0.1) is 5.56 Å². The van der Waals surface area contributed by atoms with Gasteiger partial charge in [-0.2, -0.15) is 13.2 Å². The Morgan fingerprint density at radius 2 is 1.89 bits per heavy atom. The Balaban J connectivity index is 2.00. The molecular formula is C13H15F4N. The molecule has 100 valence electrons. The van der Waals surface area contributed by atoms with Crippen LogP contribution in [-0.2, 0) is 6.18 Å². The first-order chi connectivity index (χ1) is 8.47. The zero-order valence-electron chi connectivity index (χ0n) is 9.80. The summed E-state index contributed by atoms with van der Waals surface area (Å²) in [6, 6.07) is 4.34. The van der Waals surface area contributed by atoms with E-state index in [-0.39, 0.29) is 5.92 Å². The molecule has 1 aromatic carbocycles. The Hall–Kier alpha value is -1.10. The van der Waals surface area contributed by atoms with E-state index in [1.165, 1.54) is 12.1 Å². The number of alkyl halides is 4. The monoisotopic (exact) mass is 261 g/mol. The summed E-state index contributed by atoms with van der Waals surface area (Å²) >= 11 is 0. The third kappa shape index (κ3) is 3.22. The first-order valence-electron chi connectivity index (χ1n) is 5.99. The van der Waals surface area contributed by atoms with Gasteiger partial charge in [-0.1, -0.05) is 12.1 Å². The lowest BCUT2D eigenvalue weighted by Gasteiger charge is -2.14. The van der Waals surface area contributed by atoms with Gasteiger partial charge >= 0.3 is 6.18 Å². The van der Waals surface area contributed by atoms with E-state index in [0.717, 1.165) is 31.6 Å². The van der Waals surface area contributed by atoms with Gasteiger partial charge in [-0.3, -0.25) is 0 Å². The SMILES string of the molecule is FC(CC1CCNC1)c1ccc(C(F)(F)F)cc1. The second kappa shape index (κ2) is 5.26. The van der Waals surface area contributed by atoms with Crippen LogP contribution in [0.2, 0.25) is 0 Å². The third-order valence-electron chi connectivity index (χ3n) is 3.30. The highest BCUT2D eigenvalue weighted by Gasteiger charge is 2.30. The minimum atomic E-state index is -4.36. The van der Waals surface area contributed by atoms with Gasteiger partial charge < -0.3 is 5.32 Å². The van der Waals surface area contributed by atoms with E-state index in [1.54, 1.807) is 0 Å². The molecule has 1 saturated heterocycles. The van der Waals surface area contributed by atoms with Gasteiger partial charge in [0.2, 0.25) is 0 Å². The predicted octanol–water partition coefficient (Wildman–Crippen LogP) is 3.72. The summed E-state index contributed by atoms with van der Waals surface area (Å²) in [7, 11) is 0. The lowest BCUT2D eigenvalue weighted by molar-refractivity contribution is -0.137. The van der Waals surface area contributed by atoms with E-state index in [2.05, 4.69) is 5.32 Å². The van der Waals surface area contributed by atoms with Crippen LogP contribution in [0.4, 0.5) is 17.6 Å². The van der Waals surface area contributed by atoms with E-state index in [0.29, 0.717) is 12.0 Å². The van der Waals surface area contributed by atoms with Crippen molar-refractivity contribution in [1.82, 2.24) is 5.32 Å². The molecule has 2 atom stereocenters. The van der Waals surface area contributed by atoms with Crippen molar-refractivity contribution in [3.8, 4) is 0 Å². The van der Waals surface area contributed by atoms with E-state index in [4.69, 9.17) is 0 Å². The van der Waals surface area contributed by atoms with Gasteiger partial charge in [0.25, 0.3) is 0 Å². The molecule has 5 heteroatoms. The number of benzene rings is 1. The van der Waals surface area contributed by atoms with Crippen LogP contribution < -0.4 is 5.32 Å². The van der Waals surface area contributed by atoms with Crippen molar-refractivity contribution >= 4 is 0 Å². The molecule has 2 rings (SSSR count). The average molecular weight is 261 g/mol. The van der Waals surface area contributed by atoms with Crippen molar-refractivity contribution < 1.29 is 17.6 Å². The summed E-state index contributed by atoms with van der Waals surface area (Å²) in [5.74, 6) is 0.280. The summed E-state index contributed by atoms with van der Waals surface area (Å²) in [4.78, 5) is 0. The Labute approximate surface area is 103 Å². The maximum atomic E-state index is 13.9. The zero-order chi connectivity index (χ0) is 13.2. The number of hydrogen-bond acceptors (Lipinski definition) is 1. The van der Waals surface area contributed by atoms with Crippen LogP contribution >= 0.6 is 0 Å². The molecule has 0 amide bonds. The van der Waals surface area contributed by atoms with Crippen molar-refractivity contribution in [1.29, 1.82) is 0 Å². The second-order valence-electron chi connectivity index (χ2n) is 4.68. The largest absolute Gasteiger partial charge is 0.416 e. The van der Waals surface area contributed by atoms with Crippen molar-refractivity contribution in [3.05, 3.63) is 35.4 Å². The van der Waals surface area contributed by atoms with Crippen LogP contribution in [-0.4, -0.2) is 13.1 Å². The fourth-order valence-electron chi connectivity index (χ4n) is 2.23. The molecule has 0 spiro atoms. The maximum Gasteiger partial charge on any atom is 0.416 e. The van der Waals surface area contributed by atoms with Gasteiger partial charge in [-0.05, 0) is 49.5 Å². The lowest BCUT2D eigenvalue weighted by atomic mass is 9.96. The summed E-state index contributed by atoms with van der Waals surface area (Å²) in [5.41, 5.74) is -0.407. The zero-order valence-corrected chi connectivity index (χ0v) is 9.80. The molecule has 18 heavy (non-hydrogen) atoms. The predicted molar refractivity (Wildman–Crippen MR) is 60.9 cm³/mol. The van der Waals surface area contributed by atoms with Crippen molar-refractivity contribution in [2.75, 3.05) is 13.1 Å². The van der Waals surface area contributed by atoms with E-state index in [1.807, 2.05) is 0 Å². The molecular weight excluding hydrogens is 246 g/mol. The summed E-state index contributed by atoms with van der Waals surface area (Å²) in [6.07, 6.45) is -4.24. The van der Waals surface area contributed by atoms with Crippen LogP contribution in [0.3, 0.4) is 0 Å². The van der Waals surface area contributed by atoms with Crippen LogP contribution in [0.1, 0.15) is 30.1 Å². The van der Waals surface area contributed by atoms with Gasteiger partial charge in [-0.25, -0.2) is 4.39 Å². The van der Waals surface area contributed by atoms with Crippen LogP contribution in [0.5, 0.6) is 0 Å². The second-order valence-corrected chi connectivity index (χ2v) is 4.68. The van der Waals surface area contributed by atoms with Crippen LogP contribution in [0, 0.1) is 5.92 Å². The minimum absolute atomic E-state index is 0.280. The molecule has 1 aliphatic heterocycles. The third-order valence-corrected chi connectivity index (χ3v) is 3.30. The van der Waals surface area contributed by atoms with Gasteiger partial charge in [-0.15, -0.1) is 0 Å². The fourth-order valence-corrected chi connectivity index (χ4v) is 2.23. The molecule has 1 aromatic rings. The van der Waals surface area contributed by atoms with Gasteiger partial charge in [0.1, 0.15) is 6.17 Å². The van der Waals surface area contributed by atoms with Gasteiger partial charge in [0.15, 0.2) is 0 Å². The molecule has 0 aromatic heterocycles. The fraction of sp³-hybridized carbons (Fsp3) is 0.538. The Bertz CT molecular complexity index is 379. The number of halogens is 4. The normalized spacial score (nSPS) is 22.1. The van der Waals surface area contributed by atoms with Crippen LogP contribution in [0.15, 0.2) is 24.3 Å². The molecule has 1 fully saturated rings. The van der Waals surface area contributed by atoms with Crippen molar-refractivity contribution in [3.63, 3.8) is 0 Å². The molecule has 1 aliphatic rings. The summed E-state index contributed by atoms with van der Waals surface area (Å²) in [6.45, 7) is 1.69. The molecule has 2 unspecified atom stereocenters. The number of hydrogen-bond donors (Lipinski definition) is 1. The molecule has 0 bridgehead atoms. The Kier molecular flexibility index (Phi) is 3.90. The summed E-state index contributed by atoms with van der Waals surface area (Å²) < 4.78 is 50.9. The molecule has 0 radical (unpaired) electrons. The number of rotatable bonds is 3. The van der Waals surface area contributed by atoms with Crippen LogP contribution in [0.25, 0.3) is 0 Å². The van der Waals surface area contributed by atoms with E-state index in [9.17, 15) is 17.6 Å². The Morgan fingerprint density at radius 1 is 1.22 bits per heavy atom. The first kappa shape index (κ1) is 13.3. The molecule has 0 aliphatic carbocycles. The number of nitrogens with one attached hydrogen (secondary N) is 1. The first-order valence-corrected chi connectivity index (χ1v) is 5.99. The lowest BCUT2D eigenvalue weighted by Crippen LogP contribution is -2.11. The average Bonchev–Trinajstić information content (AvgIpc) is 2.81. The van der Waals surface area contributed by atoms with E-state index < -0.39 is 17.9 Å². The highest BCUT2D eigenvalue weighted by atomic mass is 19.4. The molecule has 1 nitrogen and oxygen atoms in total. The topological polar surface area (TPSA) is 12.0 Å². The standard InChI is InChI=1S/C13H15F4N/c14-12(7-9-5-6-18-8-9)10-1-3-11(4-2-10)13(15,16)17/h1-4,9,12,18H,5-8H2. The van der Waals surface area contributed by atoms with Crippen molar-refractivity contribution in [2.45, 2.75) is 25.2 Å². The summed E-state index contributed by atoms with van der Waals surface area (Å²) in [5, 5.41) is 3.14. The highest BCUT2D eigenvalue weighted by molar-refractivity contribution is 5.26.